The third-order valence-corrected chi connectivity index (χ3v) is 13.4. The first-order valence-corrected chi connectivity index (χ1v) is 12.7. The minimum Gasteiger partial charge on any atom is -0.0654 e. The van der Waals surface area contributed by atoms with Gasteiger partial charge in [-0.1, -0.05) is 77.4 Å². The maximum absolute atomic E-state index is 2.35. The van der Waals surface area contributed by atoms with Crippen LogP contribution in [0, 0.1) is 0 Å². The lowest BCUT2D eigenvalue weighted by atomic mass is 10.4. The summed E-state index contributed by atoms with van der Waals surface area (Å²) in [7, 11) is 0.251. The van der Waals surface area contributed by atoms with Crippen molar-refractivity contribution in [2.45, 2.75) is 77.4 Å². The molecule has 0 spiro atoms. The predicted octanol–water partition coefficient (Wildman–Crippen LogP) is 3.70. The number of rotatable bonds is 10. The summed E-state index contributed by atoms with van der Waals surface area (Å²) in [6.07, 6.45) is 8.90. The van der Waals surface area contributed by atoms with Crippen LogP contribution in [0.5, 0.6) is 0 Å². The van der Waals surface area contributed by atoms with E-state index < -0.39 is 0 Å². The zero-order chi connectivity index (χ0) is 10.6. The van der Waals surface area contributed by atoms with Crippen LogP contribution >= 0.6 is 0 Å². The fourth-order valence-electron chi connectivity index (χ4n) is 2.10. The van der Waals surface area contributed by atoms with E-state index in [4.69, 9.17) is 0 Å². The lowest BCUT2D eigenvalue weighted by Crippen LogP contribution is -2.21. The van der Waals surface area contributed by atoms with Crippen molar-refractivity contribution < 1.29 is 0 Å². The summed E-state index contributed by atoms with van der Waals surface area (Å²) in [4.78, 5) is 0. The Kier molecular flexibility index (Phi) is 11.9. The van der Waals surface area contributed by atoms with Crippen LogP contribution in [0.4, 0.5) is 0 Å². The van der Waals surface area contributed by atoms with Crippen LogP contribution in [0.15, 0.2) is 0 Å². The SMILES string of the molecule is CCCC[SiH2][SiH](CCCC)CCCC. The van der Waals surface area contributed by atoms with Crippen molar-refractivity contribution in [3.05, 3.63) is 0 Å². The lowest BCUT2D eigenvalue weighted by molar-refractivity contribution is 0.845. The molecule has 0 heterocycles. The first-order valence-electron chi connectivity index (χ1n) is 6.85. The molecule has 0 saturated heterocycles. The smallest absolute Gasteiger partial charge is 0.0241 e. The molecule has 0 aromatic rings. The molecule has 0 atom stereocenters. The molecule has 0 aliphatic heterocycles. The highest BCUT2D eigenvalue weighted by Crippen LogP contribution is 2.11. The van der Waals surface area contributed by atoms with Gasteiger partial charge < -0.3 is 0 Å². The van der Waals surface area contributed by atoms with Crippen LogP contribution in [-0.2, 0) is 0 Å². The van der Waals surface area contributed by atoms with Gasteiger partial charge in [0.2, 0.25) is 0 Å². The van der Waals surface area contributed by atoms with E-state index in [1.807, 2.05) is 0 Å². The summed E-state index contributed by atoms with van der Waals surface area (Å²) in [5, 5.41) is 0. The first-order chi connectivity index (χ1) is 6.85. The Balaban J connectivity index is 3.49. The lowest BCUT2D eigenvalue weighted by Gasteiger charge is -2.13. The molecule has 0 amide bonds. The zero-order valence-corrected chi connectivity index (χ0v) is 13.2. The van der Waals surface area contributed by atoms with E-state index in [2.05, 4.69) is 20.8 Å². The third kappa shape index (κ3) is 9.01. The van der Waals surface area contributed by atoms with Gasteiger partial charge in [-0.15, -0.1) is 0 Å². The van der Waals surface area contributed by atoms with E-state index in [9.17, 15) is 0 Å². The second-order valence-corrected chi connectivity index (χ2v) is 14.0. The van der Waals surface area contributed by atoms with E-state index in [1.165, 1.54) is 25.7 Å². The fraction of sp³-hybridized carbons (Fsp3) is 1.00. The van der Waals surface area contributed by atoms with E-state index in [1.54, 1.807) is 31.0 Å². The van der Waals surface area contributed by atoms with Gasteiger partial charge in [0.15, 0.2) is 0 Å². The van der Waals surface area contributed by atoms with Crippen molar-refractivity contribution in [1.29, 1.82) is 0 Å². The standard InChI is InChI=1S/C12H30Si2/c1-4-7-10-13-14(11-8-5-2)12-9-6-3/h14H,4-13H2,1-3H3. The molecule has 0 aliphatic rings. The molecular weight excluding hydrogens is 200 g/mol. The highest BCUT2D eigenvalue weighted by Gasteiger charge is 2.09. The molecular formula is C12H30Si2. The summed E-state index contributed by atoms with van der Waals surface area (Å²) in [6.45, 7) is 7.03. The molecule has 0 rings (SSSR count). The summed E-state index contributed by atoms with van der Waals surface area (Å²) >= 11 is 0. The zero-order valence-electron chi connectivity index (χ0n) is 10.6. The Morgan fingerprint density at radius 3 is 1.71 bits per heavy atom. The molecule has 0 fully saturated rings. The van der Waals surface area contributed by atoms with Crippen molar-refractivity contribution in [3.8, 4) is 0 Å². The second kappa shape index (κ2) is 11.5. The van der Waals surface area contributed by atoms with Gasteiger partial charge in [0.05, 0.1) is 0 Å². The number of unbranched alkanes of at least 4 members (excludes halogenated alkanes) is 3. The molecule has 0 aliphatic carbocycles. The van der Waals surface area contributed by atoms with Gasteiger partial charge in [0, 0.05) is 17.4 Å². The Labute approximate surface area is 95.1 Å². The van der Waals surface area contributed by atoms with Gasteiger partial charge in [-0.3, -0.25) is 0 Å². The normalized spacial score (nSPS) is 12.0. The van der Waals surface area contributed by atoms with Crippen LogP contribution < -0.4 is 0 Å². The second-order valence-electron chi connectivity index (χ2n) is 4.65. The molecule has 2 heteroatoms. The van der Waals surface area contributed by atoms with Crippen LogP contribution in [0.2, 0.25) is 18.1 Å². The summed E-state index contributed by atoms with van der Waals surface area (Å²) < 4.78 is 0. The molecule has 86 valence electrons. The molecule has 0 aromatic heterocycles. The van der Waals surface area contributed by atoms with Gasteiger partial charge in [0.1, 0.15) is 0 Å². The van der Waals surface area contributed by atoms with Gasteiger partial charge in [-0.25, -0.2) is 0 Å². The first kappa shape index (κ1) is 14.4. The highest BCUT2D eigenvalue weighted by molar-refractivity contribution is 7.12. The van der Waals surface area contributed by atoms with Gasteiger partial charge in [-0.05, 0) is 0 Å². The third-order valence-electron chi connectivity index (χ3n) is 3.15. The monoisotopic (exact) mass is 230 g/mol. The van der Waals surface area contributed by atoms with Crippen LogP contribution in [0.3, 0.4) is 0 Å². The predicted molar refractivity (Wildman–Crippen MR) is 74.8 cm³/mol. The molecule has 14 heavy (non-hydrogen) atoms. The van der Waals surface area contributed by atoms with Gasteiger partial charge in [-0.2, -0.15) is 0 Å². The fourth-order valence-corrected chi connectivity index (χ4v) is 12.4. The van der Waals surface area contributed by atoms with Crippen molar-refractivity contribution >= 4 is 17.4 Å². The molecule has 0 saturated carbocycles. The quantitative estimate of drug-likeness (QED) is 0.397. The van der Waals surface area contributed by atoms with Crippen molar-refractivity contribution in [2.75, 3.05) is 0 Å². The van der Waals surface area contributed by atoms with Crippen LogP contribution in [0.25, 0.3) is 0 Å². The number of hydrogen-bond donors (Lipinski definition) is 0. The average molecular weight is 231 g/mol. The van der Waals surface area contributed by atoms with Gasteiger partial charge >= 0.3 is 0 Å². The molecule has 0 N–H and O–H groups in total. The van der Waals surface area contributed by atoms with Crippen molar-refractivity contribution in [1.82, 2.24) is 0 Å². The van der Waals surface area contributed by atoms with E-state index in [0.29, 0.717) is 9.04 Å². The Morgan fingerprint density at radius 1 is 0.786 bits per heavy atom. The number of hydrogen-bond acceptors (Lipinski definition) is 0. The molecule has 0 radical (unpaired) electrons. The Morgan fingerprint density at radius 2 is 1.29 bits per heavy atom. The molecule has 0 unspecified atom stereocenters. The Bertz CT molecular complexity index is 96.5. The molecule has 0 bridgehead atoms. The maximum atomic E-state index is 2.35. The summed E-state index contributed by atoms with van der Waals surface area (Å²) in [6, 6.07) is 5.04. The minimum atomic E-state index is -0.162. The van der Waals surface area contributed by atoms with Crippen molar-refractivity contribution in [2.24, 2.45) is 0 Å². The van der Waals surface area contributed by atoms with Crippen LogP contribution in [0.1, 0.15) is 59.3 Å². The molecule has 0 nitrogen and oxygen atoms in total. The minimum absolute atomic E-state index is 0.162. The van der Waals surface area contributed by atoms with E-state index >= 15 is 0 Å². The van der Waals surface area contributed by atoms with Crippen molar-refractivity contribution in [3.63, 3.8) is 0 Å². The summed E-state index contributed by atoms with van der Waals surface area (Å²) in [5.41, 5.74) is 0. The Hall–Kier alpha value is 0.434. The van der Waals surface area contributed by atoms with Gasteiger partial charge in [0.25, 0.3) is 0 Å². The van der Waals surface area contributed by atoms with E-state index in [-0.39, 0.29) is 8.31 Å². The van der Waals surface area contributed by atoms with E-state index in [0.717, 1.165) is 0 Å². The largest absolute Gasteiger partial charge is 0.0654 e. The van der Waals surface area contributed by atoms with Crippen LogP contribution in [-0.4, -0.2) is 17.4 Å². The summed E-state index contributed by atoms with van der Waals surface area (Å²) in [5.74, 6) is 0. The average Bonchev–Trinajstić information content (AvgIpc) is 2.21. The molecule has 0 aromatic carbocycles. The maximum Gasteiger partial charge on any atom is 0.0241 e. The highest BCUT2D eigenvalue weighted by atomic mass is 29.2. The topological polar surface area (TPSA) is 0 Å².